The second-order valence-corrected chi connectivity index (χ2v) is 8.66. The van der Waals surface area contributed by atoms with Gasteiger partial charge in [-0.1, -0.05) is 67.1 Å². The van der Waals surface area contributed by atoms with Gasteiger partial charge in [0.15, 0.2) is 5.82 Å². The summed E-state index contributed by atoms with van der Waals surface area (Å²) in [6, 6.07) is 24.1. The van der Waals surface area contributed by atoms with Crippen molar-refractivity contribution in [3.8, 4) is 11.4 Å². The van der Waals surface area contributed by atoms with E-state index in [2.05, 4.69) is 15.5 Å². The summed E-state index contributed by atoms with van der Waals surface area (Å²) in [5.74, 6) is 0.666. The first-order valence-electron chi connectivity index (χ1n) is 11.9. The lowest BCUT2D eigenvalue weighted by Gasteiger charge is -2.19. The standard InChI is InChI=1S/C28H27FN4O2/c29-24-16-15-22(18-23(24)28-32-31-25-14-8-3-9-17-33(25)28)30-26(34)19-35-27(20-10-4-1-5-11-20)21-12-6-2-7-13-21/h1-2,4-7,10-13,15-16,18,27H,3,8-9,14,17,19H2,(H,30,34). The SMILES string of the molecule is O=C(COC(c1ccccc1)c1ccccc1)Nc1ccc(F)c(-c2nnc3n2CCCCC3)c1. The number of benzene rings is 3. The number of anilines is 1. The third kappa shape index (κ3) is 5.30. The molecule has 2 heterocycles. The molecular weight excluding hydrogens is 443 g/mol. The number of halogens is 1. The molecule has 3 aromatic carbocycles. The predicted molar refractivity (Wildman–Crippen MR) is 132 cm³/mol. The van der Waals surface area contributed by atoms with E-state index in [1.54, 1.807) is 12.1 Å². The van der Waals surface area contributed by atoms with Gasteiger partial charge in [0.1, 0.15) is 24.4 Å². The Morgan fingerprint density at radius 3 is 2.37 bits per heavy atom. The fourth-order valence-electron chi connectivity index (χ4n) is 4.46. The van der Waals surface area contributed by atoms with Gasteiger partial charge in [-0.25, -0.2) is 4.39 Å². The summed E-state index contributed by atoms with van der Waals surface area (Å²) in [6.45, 7) is 0.614. The van der Waals surface area contributed by atoms with Crippen LogP contribution in [0.25, 0.3) is 11.4 Å². The lowest BCUT2D eigenvalue weighted by Crippen LogP contribution is -2.20. The second kappa shape index (κ2) is 10.6. The average molecular weight is 471 g/mol. The highest BCUT2D eigenvalue weighted by Gasteiger charge is 2.20. The number of amides is 1. The van der Waals surface area contributed by atoms with Gasteiger partial charge in [0, 0.05) is 18.7 Å². The molecule has 0 saturated carbocycles. The zero-order valence-corrected chi connectivity index (χ0v) is 19.4. The monoisotopic (exact) mass is 470 g/mol. The van der Waals surface area contributed by atoms with Gasteiger partial charge in [0.05, 0.1) is 5.56 Å². The van der Waals surface area contributed by atoms with E-state index in [4.69, 9.17) is 4.74 Å². The van der Waals surface area contributed by atoms with Crippen LogP contribution in [0, 0.1) is 5.82 Å². The van der Waals surface area contributed by atoms with Crippen LogP contribution in [-0.2, 0) is 22.5 Å². The van der Waals surface area contributed by atoms with Crippen molar-refractivity contribution in [1.82, 2.24) is 14.8 Å². The van der Waals surface area contributed by atoms with E-state index in [0.29, 0.717) is 17.1 Å². The molecule has 0 bridgehead atoms. The van der Waals surface area contributed by atoms with E-state index in [0.717, 1.165) is 49.2 Å². The minimum atomic E-state index is -0.396. The molecule has 0 spiro atoms. The highest BCUT2D eigenvalue weighted by Crippen LogP contribution is 2.28. The Morgan fingerprint density at radius 2 is 1.66 bits per heavy atom. The van der Waals surface area contributed by atoms with E-state index < -0.39 is 5.82 Å². The summed E-state index contributed by atoms with van der Waals surface area (Å²) >= 11 is 0. The summed E-state index contributed by atoms with van der Waals surface area (Å²) in [5, 5.41) is 11.4. The zero-order chi connectivity index (χ0) is 24.0. The fourth-order valence-corrected chi connectivity index (χ4v) is 4.46. The topological polar surface area (TPSA) is 69.0 Å². The Kier molecular flexibility index (Phi) is 6.95. The van der Waals surface area contributed by atoms with Gasteiger partial charge >= 0.3 is 0 Å². The van der Waals surface area contributed by atoms with Crippen LogP contribution < -0.4 is 5.32 Å². The molecule has 7 heteroatoms. The van der Waals surface area contributed by atoms with Gasteiger partial charge < -0.3 is 14.6 Å². The smallest absolute Gasteiger partial charge is 0.250 e. The lowest BCUT2D eigenvalue weighted by atomic mass is 10.0. The molecule has 0 aliphatic carbocycles. The average Bonchev–Trinajstić information content (AvgIpc) is 3.14. The normalized spacial score (nSPS) is 13.3. The van der Waals surface area contributed by atoms with Gasteiger partial charge in [0.2, 0.25) is 5.91 Å². The maximum atomic E-state index is 14.8. The number of hydrogen-bond acceptors (Lipinski definition) is 4. The van der Waals surface area contributed by atoms with Gasteiger partial charge in [-0.3, -0.25) is 4.79 Å². The predicted octanol–water partition coefficient (Wildman–Crippen LogP) is 5.56. The van der Waals surface area contributed by atoms with E-state index >= 15 is 0 Å². The minimum absolute atomic E-state index is 0.151. The molecule has 1 aliphatic rings. The van der Waals surface area contributed by atoms with Crippen molar-refractivity contribution in [3.05, 3.63) is 102 Å². The Balaban J connectivity index is 1.31. The lowest BCUT2D eigenvalue weighted by molar-refractivity contribution is -0.121. The van der Waals surface area contributed by atoms with Crippen molar-refractivity contribution in [3.63, 3.8) is 0 Å². The van der Waals surface area contributed by atoms with Gasteiger partial charge in [-0.15, -0.1) is 10.2 Å². The Morgan fingerprint density at radius 1 is 0.943 bits per heavy atom. The van der Waals surface area contributed by atoms with Crippen LogP contribution in [0.15, 0.2) is 78.9 Å². The van der Waals surface area contributed by atoms with Crippen LogP contribution in [0.3, 0.4) is 0 Å². The number of aryl methyl sites for hydroxylation is 1. The van der Waals surface area contributed by atoms with E-state index in [1.165, 1.54) is 6.07 Å². The zero-order valence-electron chi connectivity index (χ0n) is 19.4. The molecule has 0 radical (unpaired) electrons. The highest BCUT2D eigenvalue weighted by atomic mass is 19.1. The highest BCUT2D eigenvalue weighted by molar-refractivity contribution is 5.92. The van der Waals surface area contributed by atoms with Crippen LogP contribution in [0.4, 0.5) is 10.1 Å². The third-order valence-corrected chi connectivity index (χ3v) is 6.19. The van der Waals surface area contributed by atoms with Crippen molar-refractivity contribution in [2.45, 2.75) is 38.3 Å². The molecular formula is C28H27FN4O2. The van der Waals surface area contributed by atoms with Crippen molar-refractivity contribution < 1.29 is 13.9 Å². The van der Waals surface area contributed by atoms with E-state index in [9.17, 15) is 9.18 Å². The molecule has 6 nitrogen and oxygen atoms in total. The van der Waals surface area contributed by atoms with Crippen LogP contribution in [0.2, 0.25) is 0 Å². The first-order chi connectivity index (χ1) is 17.2. The molecule has 1 aliphatic heterocycles. The maximum absolute atomic E-state index is 14.8. The van der Waals surface area contributed by atoms with Gasteiger partial charge in [0.25, 0.3) is 0 Å². The van der Waals surface area contributed by atoms with Crippen molar-refractivity contribution in [2.24, 2.45) is 0 Å². The van der Waals surface area contributed by atoms with Gasteiger partial charge in [-0.2, -0.15) is 0 Å². The Labute approximate surface area is 203 Å². The second-order valence-electron chi connectivity index (χ2n) is 8.66. The third-order valence-electron chi connectivity index (χ3n) is 6.19. The molecule has 4 aromatic rings. The fraction of sp³-hybridized carbons (Fsp3) is 0.250. The van der Waals surface area contributed by atoms with Crippen LogP contribution in [-0.4, -0.2) is 27.3 Å². The quantitative estimate of drug-likeness (QED) is 0.384. The summed E-state index contributed by atoms with van der Waals surface area (Å²) in [6.07, 6.45) is 3.65. The first-order valence-corrected chi connectivity index (χ1v) is 11.9. The molecule has 0 fully saturated rings. The molecule has 1 N–H and O–H groups in total. The molecule has 35 heavy (non-hydrogen) atoms. The molecule has 1 aromatic heterocycles. The number of hydrogen-bond donors (Lipinski definition) is 1. The number of aromatic nitrogens is 3. The first kappa shape index (κ1) is 22.9. The molecule has 0 saturated heterocycles. The van der Waals surface area contributed by atoms with Crippen LogP contribution in [0.5, 0.6) is 0 Å². The Hall–Kier alpha value is -3.84. The number of fused-ring (bicyclic) bond motifs is 1. The van der Waals surface area contributed by atoms with Gasteiger partial charge in [-0.05, 0) is 42.2 Å². The minimum Gasteiger partial charge on any atom is -0.359 e. The number of carbonyl (C=O) groups is 1. The molecule has 0 unspecified atom stereocenters. The molecule has 5 rings (SSSR count). The molecule has 1 amide bonds. The largest absolute Gasteiger partial charge is 0.359 e. The summed E-state index contributed by atoms with van der Waals surface area (Å²) in [4.78, 5) is 12.8. The van der Waals surface area contributed by atoms with Crippen molar-refractivity contribution in [2.75, 3.05) is 11.9 Å². The summed E-state index contributed by atoms with van der Waals surface area (Å²) in [5.41, 5.74) is 2.74. The van der Waals surface area contributed by atoms with E-state index in [-0.39, 0.29) is 18.6 Å². The Bertz CT molecular complexity index is 1250. The van der Waals surface area contributed by atoms with Crippen molar-refractivity contribution in [1.29, 1.82) is 0 Å². The number of nitrogens with one attached hydrogen (secondary N) is 1. The number of carbonyl (C=O) groups excluding carboxylic acids is 1. The van der Waals surface area contributed by atoms with Crippen LogP contribution >= 0.6 is 0 Å². The number of ether oxygens (including phenoxy) is 1. The summed E-state index contributed by atoms with van der Waals surface area (Å²) < 4.78 is 22.8. The number of rotatable bonds is 7. The number of nitrogens with zero attached hydrogens (tertiary/aromatic N) is 3. The maximum Gasteiger partial charge on any atom is 0.250 e. The molecule has 178 valence electrons. The van der Waals surface area contributed by atoms with Crippen molar-refractivity contribution >= 4 is 11.6 Å². The van der Waals surface area contributed by atoms with Crippen LogP contribution in [0.1, 0.15) is 42.3 Å². The summed E-state index contributed by atoms with van der Waals surface area (Å²) in [7, 11) is 0. The molecule has 0 atom stereocenters. The van der Waals surface area contributed by atoms with E-state index in [1.807, 2.05) is 65.2 Å².